The van der Waals surface area contributed by atoms with Crippen LogP contribution >= 0.6 is 0 Å². The Morgan fingerprint density at radius 1 is 1.04 bits per heavy atom. The summed E-state index contributed by atoms with van der Waals surface area (Å²) in [6.45, 7) is 6.06. The van der Waals surface area contributed by atoms with E-state index in [4.69, 9.17) is 4.74 Å². The summed E-state index contributed by atoms with van der Waals surface area (Å²) in [5.41, 5.74) is 0.579. The van der Waals surface area contributed by atoms with Crippen LogP contribution in [0.4, 0.5) is 0 Å². The highest BCUT2D eigenvalue weighted by atomic mass is 16.5. The van der Waals surface area contributed by atoms with E-state index in [1.165, 1.54) is 0 Å². The van der Waals surface area contributed by atoms with Crippen molar-refractivity contribution in [1.82, 2.24) is 15.1 Å². The van der Waals surface area contributed by atoms with Crippen LogP contribution in [0.5, 0.6) is 0 Å². The first-order valence-corrected chi connectivity index (χ1v) is 10.0. The molecule has 6 heteroatoms. The van der Waals surface area contributed by atoms with E-state index in [0.29, 0.717) is 11.5 Å². The summed E-state index contributed by atoms with van der Waals surface area (Å²) in [4.78, 5) is 29.2. The second kappa shape index (κ2) is 8.71. The van der Waals surface area contributed by atoms with Gasteiger partial charge in [0.25, 0.3) is 5.91 Å². The lowest BCUT2D eigenvalue weighted by Crippen LogP contribution is -2.52. The highest BCUT2D eigenvalue weighted by molar-refractivity contribution is 6.00. The number of fused-ring (bicyclic) bond motifs is 1. The van der Waals surface area contributed by atoms with Crippen molar-refractivity contribution in [3.05, 3.63) is 48.0 Å². The fourth-order valence-electron chi connectivity index (χ4n) is 3.97. The van der Waals surface area contributed by atoms with E-state index in [0.717, 1.165) is 63.1 Å². The molecule has 0 spiro atoms. The highest BCUT2D eigenvalue weighted by Gasteiger charge is 2.24. The van der Waals surface area contributed by atoms with Gasteiger partial charge in [-0.1, -0.05) is 30.3 Å². The Kier molecular flexibility index (Phi) is 5.88. The van der Waals surface area contributed by atoms with Crippen molar-refractivity contribution >= 4 is 22.6 Å². The van der Waals surface area contributed by atoms with Gasteiger partial charge in [-0.15, -0.1) is 0 Å². The summed E-state index contributed by atoms with van der Waals surface area (Å²) in [5, 5.41) is 4.88. The van der Waals surface area contributed by atoms with Gasteiger partial charge >= 0.3 is 0 Å². The molecule has 0 aliphatic carbocycles. The summed E-state index contributed by atoms with van der Waals surface area (Å²) in [6.07, 6.45) is 1.14. The first-order chi connectivity index (χ1) is 13.7. The number of nitrogens with zero attached hydrogens (tertiary/aromatic N) is 2. The number of carbonyl (C=O) groups excluding carboxylic acids is 2. The van der Waals surface area contributed by atoms with Gasteiger partial charge in [-0.3, -0.25) is 14.5 Å². The molecule has 6 nitrogen and oxygen atoms in total. The minimum atomic E-state index is -0.209. The zero-order chi connectivity index (χ0) is 19.3. The number of hydrogen-bond acceptors (Lipinski definition) is 4. The third-order valence-corrected chi connectivity index (χ3v) is 5.68. The van der Waals surface area contributed by atoms with Crippen molar-refractivity contribution in [2.75, 3.05) is 52.5 Å². The average molecular weight is 381 g/mol. The number of rotatable bonds is 5. The van der Waals surface area contributed by atoms with E-state index in [1.54, 1.807) is 6.07 Å². The molecule has 148 valence electrons. The standard InChI is InChI=1S/C22H27N3O3/c26-21(25-10-8-24(9-11-25)15-17-7-12-28-16-17)14-23-22(27)20-6-5-18-3-1-2-4-19(18)13-20/h1-6,13,17H,7-12,14-16H2,(H,23,27)/t17-/m0/s1. The van der Waals surface area contributed by atoms with Gasteiger partial charge in [-0.2, -0.15) is 0 Å². The summed E-state index contributed by atoms with van der Waals surface area (Å²) >= 11 is 0. The number of piperazine rings is 1. The second-order valence-electron chi connectivity index (χ2n) is 7.66. The molecule has 2 aromatic rings. The van der Waals surface area contributed by atoms with E-state index in [-0.39, 0.29) is 18.4 Å². The van der Waals surface area contributed by atoms with Gasteiger partial charge in [0.15, 0.2) is 0 Å². The van der Waals surface area contributed by atoms with E-state index in [2.05, 4.69) is 10.2 Å². The molecule has 2 saturated heterocycles. The fourth-order valence-corrected chi connectivity index (χ4v) is 3.97. The molecule has 0 bridgehead atoms. The van der Waals surface area contributed by atoms with Crippen LogP contribution < -0.4 is 5.32 Å². The van der Waals surface area contributed by atoms with E-state index < -0.39 is 0 Å². The zero-order valence-corrected chi connectivity index (χ0v) is 16.1. The molecule has 2 fully saturated rings. The number of carbonyl (C=O) groups is 2. The first kappa shape index (κ1) is 18.9. The van der Waals surface area contributed by atoms with E-state index >= 15 is 0 Å². The lowest BCUT2D eigenvalue weighted by atomic mass is 10.1. The van der Waals surface area contributed by atoms with Crippen molar-refractivity contribution < 1.29 is 14.3 Å². The molecule has 1 atom stereocenters. The normalized spacial score (nSPS) is 20.4. The Labute approximate surface area is 165 Å². The van der Waals surface area contributed by atoms with Crippen molar-refractivity contribution in [2.24, 2.45) is 5.92 Å². The zero-order valence-electron chi connectivity index (χ0n) is 16.1. The molecule has 2 heterocycles. The molecule has 0 aromatic heterocycles. The van der Waals surface area contributed by atoms with Crippen LogP contribution in [0.3, 0.4) is 0 Å². The van der Waals surface area contributed by atoms with Crippen molar-refractivity contribution in [3.63, 3.8) is 0 Å². The summed E-state index contributed by atoms with van der Waals surface area (Å²) in [6, 6.07) is 13.5. The Morgan fingerprint density at radius 2 is 1.82 bits per heavy atom. The van der Waals surface area contributed by atoms with Gasteiger partial charge in [0.2, 0.25) is 5.91 Å². The van der Waals surface area contributed by atoms with Crippen LogP contribution in [0.1, 0.15) is 16.8 Å². The van der Waals surface area contributed by atoms with Crippen LogP contribution in [0.2, 0.25) is 0 Å². The Morgan fingerprint density at radius 3 is 2.57 bits per heavy atom. The topological polar surface area (TPSA) is 61.9 Å². The van der Waals surface area contributed by atoms with E-state index in [1.807, 2.05) is 41.3 Å². The lowest BCUT2D eigenvalue weighted by Gasteiger charge is -2.35. The lowest BCUT2D eigenvalue weighted by molar-refractivity contribution is -0.131. The van der Waals surface area contributed by atoms with Crippen molar-refractivity contribution in [1.29, 1.82) is 0 Å². The molecule has 2 aliphatic heterocycles. The number of nitrogens with one attached hydrogen (secondary N) is 1. The van der Waals surface area contributed by atoms with Crippen LogP contribution in [0.25, 0.3) is 10.8 Å². The predicted molar refractivity (Wildman–Crippen MR) is 108 cm³/mol. The largest absolute Gasteiger partial charge is 0.381 e. The molecular weight excluding hydrogens is 354 g/mol. The van der Waals surface area contributed by atoms with Crippen molar-refractivity contribution in [3.8, 4) is 0 Å². The van der Waals surface area contributed by atoms with Gasteiger partial charge in [0.1, 0.15) is 0 Å². The third-order valence-electron chi connectivity index (χ3n) is 5.68. The van der Waals surface area contributed by atoms with Crippen LogP contribution in [-0.2, 0) is 9.53 Å². The second-order valence-corrected chi connectivity index (χ2v) is 7.66. The molecule has 0 unspecified atom stereocenters. The highest BCUT2D eigenvalue weighted by Crippen LogP contribution is 2.16. The van der Waals surface area contributed by atoms with Crippen LogP contribution in [0, 0.1) is 5.92 Å². The molecule has 0 saturated carbocycles. The summed E-state index contributed by atoms with van der Waals surface area (Å²) in [7, 11) is 0. The van der Waals surface area contributed by atoms with E-state index in [9.17, 15) is 9.59 Å². The quantitative estimate of drug-likeness (QED) is 0.857. The van der Waals surface area contributed by atoms with Crippen LogP contribution in [0.15, 0.2) is 42.5 Å². The molecule has 4 rings (SSSR count). The Balaban J connectivity index is 1.24. The molecule has 28 heavy (non-hydrogen) atoms. The maximum atomic E-state index is 12.5. The Bertz CT molecular complexity index is 840. The van der Waals surface area contributed by atoms with Crippen LogP contribution in [-0.4, -0.2) is 74.1 Å². The van der Waals surface area contributed by atoms with Gasteiger partial charge in [-0.25, -0.2) is 0 Å². The monoisotopic (exact) mass is 381 g/mol. The number of amides is 2. The minimum Gasteiger partial charge on any atom is -0.381 e. The minimum absolute atomic E-state index is 0.0158. The maximum absolute atomic E-state index is 12.5. The molecular formula is C22H27N3O3. The number of benzene rings is 2. The van der Waals surface area contributed by atoms with Gasteiger partial charge in [0.05, 0.1) is 13.2 Å². The molecule has 2 aliphatic rings. The molecule has 0 radical (unpaired) electrons. The van der Waals surface area contributed by atoms with Crippen molar-refractivity contribution in [2.45, 2.75) is 6.42 Å². The van der Waals surface area contributed by atoms with Gasteiger partial charge in [0, 0.05) is 44.9 Å². The predicted octanol–water partition coefficient (Wildman–Crippen LogP) is 1.75. The Hall–Kier alpha value is -2.44. The maximum Gasteiger partial charge on any atom is 0.251 e. The number of hydrogen-bond donors (Lipinski definition) is 1. The fraction of sp³-hybridized carbons (Fsp3) is 0.455. The first-order valence-electron chi connectivity index (χ1n) is 10.0. The summed E-state index contributed by atoms with van der Waals surface area (Å²) < 4.78 is 5.44. The third kappa shape index (κ3) is 4.51. The molecule has 2 aromatic carbocycles. The molecule has 2 amide bonds. The summed E-state index contributed by atoms with van der Waals surface area (Å²) in [5.74, 6) is 0.403. The average Bonchev–Trinajstić information content (AvgIpc) is 3.25. The molecule has 1 N–H and O–H groups in total. The SMILES string of the molecule is O=C(NCC(=O)N1CCN(C[C@@H]2CCOC2)CC1)c1ccc2ccccc2c1. The van der Waals surface area contributed by atoms with Gasteiger partial charge < -0.3 is 15.0 Å². The number of ether oxygens (including phenoxy) is 1. The smallest absolute Gasteiger partial charge is 0.251 e. The van der Waals surface area contributed by atoms with Gasteiger partial charge in [-0.05, 0) is 35.2 Å².